The van der Waals surface area contributed by atoms with E-state index in [0.717, 1.165) is 17.7 Å². The highest BCUT2D eigenvalue weighted by atomic mass is 16.5. The predicted octanol–water partition coefficient (Wildman–Crippen LogP) is 3.28. The molecule has 1 aromatic rings. The van der Waals surface area contributed by atoms with Gasteiger partial charge in [0.2, 0.25) is 0 Å². The molecular weight excluding hydrogens is 264 g/mol. The molecule has 1 rings (SSSR count). The van der Waals surface area contributed by atoms with Crippen molar-refractivity contribution < 1.29 is 9.53 Å². The van der Waals surface area contributed by atoms with Crippen molar-refractivity contribution in [3.8, 4) is 5.75 Å². The molecule has 4 nitrogen and oxygen atoms in total. The first-order valence-corrected chi connectivity index (χ1v) is 7.56. The van der Waals surface area contributed by atoms with Gasteiger partial charge in [0, 0.05) is 13.1 Å². The molecule has 0 aliphatic rings. The van der Waals surface area contributed by atoms with E-state index in [-0.39, 0.29) is 11.4 Å². The zero-order chi connectivity index (χ0) is 15.9. The lowest BCUT2D eigenvalue weighted by atomic mass is 9.97. The molecule has 0 bridgehead atoms. The Kier molecular flexibility index (Phi) is 6.53. The number of carbonyl (C=O) groups excluding carboxylic acids is 1. The van der Waals surface area contributed by atoms with Crippen LogP contribution in [-0.4, -0.2) is 25.7 Å². The van der Waals surface area contributed by atoms with Crippen molar-refractivity contribution in [2.75, 3.05) is 19.7 Å². The number of ether oxygens (including phenoxy) is 1. The molecule has 2 amide bonds. The lowest BCUT2D eigenvalue weighted by molar-refractivity contribution is 0.235. The van der Waals surface area contributed by atoms with Gasteiger partial charge in [-0.25, -0.2) is 4.79 Å². The maximum Gasteiger partial charge on any atom is 0.314 e. The fraction of sp³-hybridized carbons (Fsp3) is 0.588. The van der Waals surface area contributed by atoms with Gasteiger partial charge in [-0.1, -0.05) is 32.9 Å². The molecule has 21 heavy (non-hydrogen) atoms. The van der Waals surface area contributed by atoms with Gasteiger partial charge in [-0.05, 0) is 42.9 Å². The van der Waals surface area contributed by atoms with E-state index < -0.39 is 0 Å². The summed E-state index contributed by atoms with van der Waals surface area (Å²) in [6.45, 7) is 12.3. The van der Waals surface area contributed by atoms with E-state index in [4.69, 9.17) is 4.74 Å². The Hall–Kier alpha value is -1.71. The summed E-state index contributed by atoms with van der Waals surface area (Å²) in [6.07, 6.45) is 0.816. The monoisotopic (exact) mass is 292 g/mol. The zero-order valence-electron chi connectivity index (χ0n) is 13.9. The van der Waals surface area contributed by atoms with Crippen molar-refractivity contribution in [1.82, 2.24) is 10.6 Å². The number of rotatable bonds is 6. The van der Waals surface area contributed by atoms with E-state index in [0.29, 0.717) is 19.7 Å². The van der Waals surface area contributed by atoms with Crippen LogP contribution in [0, 0.1) is 12.3 Å². The molecule has 118 valence electrons. The number of amides is 2. The molecule has 4 heteroatoms. The zero-order valence-corrected chi connectivity index (χ0v) is 13.9. The van der Waals surface area contributed by atoms with E-state index in [9.17, 15) is 4.79 Å². The summed E-state index contributed by atoms with van der Waals surface area (Å²) in [5.74, 6) is 0.928. The number of aryl methyl sites for hydroxylation is 1. The number of benzene rings is 1. The molecule has 0 saturated heterocycles. The van der Waals surface area contributed by atoms with Crippen LogP contribution in [0.2, 0.25) is 0 Å². The standard InChI is InChI=1S/C17H28N2O2/c1-6-21-15-8-7-14(11-13(15)2)9-10-18-16(20)19-12-17(3,4)5/h7-8,11H,6,9-10,12H2,1-5H3,(H2,18,19,20). The molecule has 0 aromatic heterocycles. The molecular formula is C17H28N2O2. The quantitative estimate of drug-likeness (QED) is 0.845. The Morgan fingerprint density at radius 2 is 1.95 bits per heavy atom. The highest BCUT2D eigenvalue weighted by Crippen LogP contribution is 2.19. The van der Waals surface area contributed by atoms with Crippen LogP contribution in [0.15, 0.2) is 18.2 Å². The fourth-order valence-electron chi connectivity index (χ4n) is 1.91. The van der Waals surface area contributed by atoms with Gasteiger partial charge in [0.25, 0.3) is 0 Å². The van der Waals surface area contributed by atoms with E-state index in [1.807, 2.05) is 26.0 Å². The Morgan fingerprint density at radius 1 is 1.24 bits per heavy atom. The van der Waals surface area contributed by atoms with Crippen LogP contribution in [0.5, 0.6) is 5.75 Å². The van der Waals surface area contributed by atoms with Gasteiger partial charge in [0.05, 0.1) is 6.61 Å². The van der Waals surface area contributed by atoms with Crippen LogP contribution in [0.1, 0.15) is 38.8 Å². The summed E-state index contributed by atoms with van der Waals surface area (Å²) in [5.41, 5.74) is 2.43. The summed E-state index contributed by atoms with van der Waals surface area (Å²) >= 11 is 0. The second-order valence-electron chi connectivity index (χ2n) is 6.45. The molecule has 0 radical (unpaired) electrons. The van der Waals surface area contributed by atoms with Gasteiger partial charge >= 0.3 is 6.03 Å². The van der Waals surface area contributed by atoms with Gasteiger partial charge in [-0.15, -0.1) is 0 Å². The molecule has 2 N–H and O–H groups in total. The Labute approximate surface area is 128 Å². The number of hydrogen-bond acceptors (Lipinski definition) is 2. The third-order valence-electron chi connectivity index (χ3n) is 3.02. The summed E-state index contributed by atoms with van der Waals surface area (Å²) < 4.78 is 5.52. The second-order valence-corrected chi connectivity index (χ2v) is 6.45. The van der Waals surface area contributed by atoms with Crippen molar-refractivity contribution in [2.24, 2.45) is 5.41 Å². The van der Waals surface area contributed by atoms with Gasteiger partial charge in [-0.3, -0.25) is 0 Å². The summed E-state index contributed by atoms with van der Waals surface area (Å²) in [5, 5.41) is 5.76. The number of hydrogen-bond donors (Lipinski definition) is 2. The molecule has 0 aliphatic carbocycles. The van der Waals surface area contributed by atoms with Crippen molar-refractivity contribution in [3.05, 3.63) is 29.3 Å². The SMILES string of the molecule is CCOc1ccc(CCNC(=O)NCC(C)(C)C)cc1C. The van der Waals surface area contributed by atoms with Crippen molar-refractivity contribution in [1.29, 1.82) is 0 Å². The predicted molar refractivity (Wildman–Crippen MR) is 86.9 cm³/mol. The third kappa shape index (κ3) is 7.02. The highest BCUT2D eigenvalue weighted by Gasteiger charge is 2.11. The Bertz CT molecular complexity index is 464. The highest BCUT2D eigenvalue weighted by molar-refractivity contribution is 5.73. The van der Waals surface area contributed by atoms with Gasteiger partial charge < -0.3 is 15.4 Å². The first kappa shape index (κ1) is 17.3. The van der Waals surface area contributed by atoms with Crippen LogP contribution in [0.4, 0.5) is 4.79 Å². The largest absolute Gasteiger partial charge is 0.494 e. The minimum Gasteiger partial charge on any atom is -0.494 e. The van der Waals surface area contributed by atoms with Crippen LogP contribution in [0.3, 0.4) is 0 Å². The van der Waals surface area contributed by atoms with Crippen LogP contribution >= 0.6 is 0 Å². The molecule has 0 spiro atoms. The first-order valence-electron chi connectivity index (χ1n) is 7.56. The second kappa shape index (κ2) is 7.91. The van der Waals surface area contributed by atoms with Crippen LogP contribution in [0.25, 0.3) is 0 Å². The number of nitrogens with one attached hydrogen (secondary N) is 2. The van der Waals surface area contributed by atoms with Gasteiger partial charge in [0.1, 0.15) is 5.75 Å². The summed E-state index contributed by atoms with van der Waals surface area (Å²) in [7, 11) is 0. The minimum atomic E-state index is -0.104. The lowest BCUT2D eigenvalue weighted by Gasteiger charge is -2.19. The molecule has 0 atom stereocenters. The molecule has 0 heterocycles. The van der Waals surface area contributed by atoms with E-state index in [1.165, 1.54) is 5.56 Å². The minimum absolute atomic E-state index is 0.101. The summed E-state index contributed by atoms with van der Waals surface area (Å²) in [4.78, 5) is 11.6. The molecule has 0 unspecified atom stereocenters. The first-order chi connectivity index (χ1) is 9.81. The third-order valence-corrected chi connectivity index (χ3v) is 3.02. The van der Waals surface area contributed by atoms with Gasteiger partial charge in [0.15, 0.2) is 0 Å². The molecule has 0 aliphatic heterocycles. The topological polar surface area (TPSA) is 50.4 Å². The maximum atomic E-state index is 11.6. The Morgan fingerprint density at radius 3 is 2.52 bits per heavy atom. The van der Waals surface area contributed by atoms with Crippen LogP contribution in [-0.2, 0) is 6.42 Å². The number of urea groups is 1. The van der Waals surface area contributed by atoms with E-state index >= 15 is 0 Å². The van der Waals surface area contributed by atoms with Crippen molar-refractivity contribution in [3.63, 3.8) is 0 Å². The van der Waals surface area contributed by atoms with Gasteiger partial charge in [-0.2, -0.15) is 0 Å². The average molecular weight is 292 g/mol. The smallest absolute Gasteiger partial charge is 0.314 e. The van der Waals surface area contributed by atoms with Crippen molar-refractivity contribution in [2.45, 2.75) is 41.0 Å². The summed E-state index contributed by atoms with van der Waals surface area (Å²) in [6, 6.07) is 6.05. The van der Waals surface area contributed by atoms with Crippen molar-refractivity contribution >= 4 is 6.03 Å². The maximum absolute atomic E-state index is 11.6. The molecule has 1 aromatic carbocycles. The van der Waals surface area contributed by atoms with E-state index in [1.54, 1.807) is 0 Å². The number of carbonyl (C=O) groups is 1. The average Bonchev–Trinajstić information content (AvgIpc) is 2.39. The van der Waals surface area contributed by atoms with E-state index in [2.05, 4.69) is 37.5 Å². The fourth-order valence-corrected chi connectivity index (χ4v) is 1.91. The van der Waals surface area contributed by atoms with Crippen LogP contribution < -0.4 is 15.4 Å². The molecule has 0 fully saturated rings. The Balaban J connectivity index is 2.35. The lowest BCUT2D eigenvalue weighted by Crippen LogP contribution is -2.40. The normalized spacial score (nSPS) is 11.1. The molecule has 0 saturated carbocycles.